The second-order valence-electron chi connectivity index (χ2n) is 4.11. The van der Waals surface area contributed by atoms with Crippen LogP contribution in [0.5, 0.6) is 0 Å². The van der Waals surface area contributed by atoms with Crippen molar-refractivity contribution in [2.45, 2.75) is 19.4 Å². The summed E-state index contributed by atoms with van der Waals surface area (Å²) in [6, 6.07) is 9.03. The van der Waals surface area contributed by atoms with Crippen LogP contribution >= 0.6 is 0 Å². The Balaban J connectivity index is 1.83. The Bertz CT molecular complexity index is 584. The Hall–Kier alpha value is -2.61. The first-order valence-corrected chi connectivity index (χ1v) is 6.04. The number of nitrogens with zero attached hydrogens (tertiary/aromatic N) is 3. The van der Waals surface area contributed by atoms with E-state index in [1.54, 1.807) is 36.8 Å². The molecule has 1 heterocycles. The number of nitrogens with one attached hydrogen (secondary N) is 1. The van der Waals surface area contributed by atoms with Crippen molar-refractivity contribution in [3.63, 3.8) is 0 Å². The van der Waals surface area contributed by atoms with Crippen LogP contribution in [0.1, 0.15) is 18.4 Å². The lowest BCUT2D eigenvalue weighted by Crippen LogP contribution is -2.13. The Labute approximate surface area is 111 Å². The van der Waals surface area contributed by atoms with E-state index in [4.69, 9.17) is 5.26 Å². The standard InChI is InChI=1S/C14H14N4O/c15-10-12-4-1-2-5-13(12)17-14(19)6-3-8-18-9-7-16-11-18/h1-2,4-5,7,9,11H,3,6,8H2,(H,17,19). The largest absolute Gasteiger partial charge is 0.337 e. The lowest BCUT2D eigenvalue weighted by molar-refractivity contribution is -0.116. The first-order valence-electron chi connectivity index (χ1n) is 6.04. The molecule has 19 heavy (non-hydrogen) atoms. The molecule has 0 atom stereocenters. The number of rotatable bonds is 5. The smallest absolute Gasteiger partial charge is 0.224 e. The molecule has 0 unspecified atom stereocenters. The lowest BCUT2D eigenvalue weighted by atomic mass is 10.2. The third-order valence-corrected chi connectivity index (χ3v) is 2.70. The van der Waals surface area contributed by atoms with Crippen LogP contribution in [0.15, 0.2) is 43.0 Å². The SMILES string of the molecule is N#Cc1ccccc1NC(=O)CCCn1ccnc1. The third-order valence-electron chi connectivity index (χ3n) is 2.70. The van der Waals surface area contributed by atoms with Gasteiger partial charge in [0, 0.05) is 25.4 Å². The molecule has 0 aliphatic rings. The summed E-state index contributed by atoms with van der Waals surface area (Å²) in [7, 11) is 0. The summed E-state index contributed by atoms with van der Waals surface area (Å²) >= 11 is 0. The number of para-hydroxylation sites is 1. The first kappa shape index (κ1) is 12.8. The Morgan fingerprint density at radius 3 is 3.00 bits per heavy atom. The summed E-state index contributed by atoms with van der Waals surface area (Å²) in [6.45, 7) is 0.757. The minimum atomic E-state index is -0.0807. The number of amides is 1. The molecule has 96 valence electrons. The molecule has 0 spiro atoms. The molecule has 0 saturated heterocycles. The maximum Gasteiger partial charge on any atom is 0.224 e. The van der Waals surface area contributed by atoms with E-state index in [0.717, 1.165) is 13.0 Å². The summed E-state index contributed by atoms with van der Waals surface area (Å²) in [6.07, 6.45) is 6.45. The van der Waals surface area contributed by atoms with Gasteiger partial charge in [0.05, 0.1) is 17.6 Å². The first-order chi connectivity index (χ1) is 9.29. The van der Waals surface area contributed by atoms with Crippen LogP contribution in [0.2, 0.25) is 0 Å². The number of anilines is 1. The van der Waals surface area contributed by atoms with Crippen molar-refractivity contribution in [3.05, 3.63) is 48.5 Å². The van der Waals surface area contributed by atoms with Crippen LogP contribution in [0.3, 0.4) is 0 Å². The van der Waals surface area contributed by atoms with Crippen LogP contribution in [-0.2, 0) is 11.3 Å². The Morgan fingerprint density at radius 2 is 2.26 bits per heavy atom. The maximum atomic E-state index is 11.8. The predicted octanol–water partition coefficient (Wildman–Crippen LogP) is 2.17. The van der Waals surface area contributed by atoms with E-state index >= 15 is 0 Å². The molecule has 5 heteroatoms. The van der Waals surface area contributed by atoms with Gasteiger partial charge in [0.15, 0.2) is 0 Å². The van der Waals surface area contributed by atoms with Gasteiger partial charge in [-0.3, -0.25) is 4.79 Å². The highest BCUT2D eigenvalue weighted by atomic mass is 16.1. The average Bonchev–Trinajstić information content (AvgIpc) is 2.92. The molecule has 5 nitrogen and oxygen atoms in total. The highest BCUT2D eigenvalue weighted by Crippen LogP contribution is 2.13. The number of nitriles is 1. The second kappa shape index (κ2) is 6.36. The molecule has 0 saturated carbocycles. The minimum Gasteiger partial charge on any atom is -0.337 e. The second-order valence-corrected chi connectivity index (χ2v) is 4.11. The molecule has 2 aromatic rings. The molecule has 1 aromatic carbocycles. The van der Waals surface area contributed by atoms with Crippen molar-refractivity contribution in [1.82, 2.24) is 9.55 Å². The van der Waals surface area contributed by atoms with Gasteiger partial charge < -0.3 is 9.88 Å². The fourth-order valence-electron chi connectivity index (χ4n) is 1.74. The molecule has 0 fully saturated rings. The van der Waals surface area contributed by atoms with Crippen molar-refractivity contribution < 1.29 is 4.79 Å². The monoisotopic (exact) mass is 254 g/mol. The number of carbonyl (C=O) groups is 1. The average molecular weight is 254 g/mol. The topological polar surface area (TPSA) is 70.7 Å². The zero-order valence-electron chi connectivity index (χ0n) is 10.4. The molecular weight excluding hydrogens is 240 g/mol. The van der Waals surface area contributed by atoms with Gasteiger partial charge in [-0.25, -0.2) is 4.98 Å². The van der Waals surface area contributed by atoms with E-state index in [1.807, 2.05) is 10.8 Å². The van der Waals surface area contributed by atoms with E-state index in [-0.39, 0.29) is 5.91 Å². The Kier molecular flexibility index (Phi) is 4.29. The van der Waals surface area contributed by atoms with Crippen molar-refractivity contribution in [2.24, 2.45) is 0 Å². The molecule has 0 aliphatic carbocycles. The van der Waals surface area contributed by atoms with Crippen LogP contribution < -0.4 is 5.32 Å². The van der Waals surface area contributed by atoms with Crippen LogP contribution in [-0.4, -0.2) is 15.5 Å². The lowest BCUT2D eigenvalue weighted by Gasteiger charge is -2.06. The van der Waals surface area contributed by atoms with E-state index in [1.165, 1.54) is 0 Å². The van der Waals surface area contributed by atoms with Crippen molar-refractivity contribution in [3.8, 4) is 6.07 Å². The zero-order chi connectivity index (χ0) is 13.5. The third kappa shape index (κ3) is 3.68. The van der Waals surface area contributed by atoms with Gasteiger partial charge in [-0.2, -0.15) is 5.26 Å². The van der Waals surface area contributed by atoms with Gasteiger partial charge in [-0.1, -0.05) is 12.1 Å². The van der Waals surface area contributed by atoms with E-state index in [9.17, 15) is 4.79 Å². The normalized spacial score (nSPS) is 9.84. The molecule has 1 aromatic heterocycles. The number of aromatic nitrogens is 2. The number of aryl methyl sites for hydroxylation is 1. The van der Waals surface area contributed by atoms with Gasteiger partial charge in [0.25, 0.3) is 0 Å². The predicted molar refractivity (Wildman–Crippen MR) is 71.2 cm³/mol. The van der Waals surface area contributed by atoms with Gasteiger partial charge in [-0.15, -0.1) is 0 Å². The number of carbonyl (C=O) groups excluding carboxylic acids is 1. The van der Waals surface area contributed by atoms with Crippen LogP contribution in [0.4, 0.5) is 5.69 Å². The molecule has 0 bridgehead atoms. The van der Waals surface area contributed by atoms with Crippen LogP contribution in [0.25, 0.3) is 0 Å². The summed E-state index contributed by atoms with van der Waals surface area (Å²) in [5, 5.41) is 11.7. The maximum absolute atomic E-state index is 11.8. The number of hydrogen-bond acceptors (Lipinski definition) is 3. The van der Waals surface area contributed by atoms with Gasteiger partial charge >= 0.3 is 0 Å². The van der Waals surface area contributed by atoms with Gasteiger partial charge in [0.2, 0.25) is 5.91 Å². The van der Waals surface area contributed by atoms with Gasteiger partial charge in [0.1, 0.15) is 6.07 Å². The molecule has 0 aliphatic heterocycles. The van der Waals surface area contributed by atoms with E-state index < -0.39 is 0 Å². The molecule has 1 N–H and O–H groups in total. The quantitative estimate of drug-likeness (QED) is 0.888. The summed E-state index contributed by atoms with van der Waals surface area (Å²) in [4.78, 5) is 15.7. The van der Waals surface area contributed by atoms with E-state index in [2.05, 4.69) is 16.4 Å². The van der Waals surface area contributed by atoms with Crippen molar-refractivity contribution >= 4 is 11.6 Å². The Morgan fingerprint density at radius 1 is 1.42 bits per heavy atom. The van der Waals surface area contributed by atoms with Gasteiger partial charge in [-0.05, 0) is 18.6 Å². The fourth-order valence-corrected chi connectivity index (χ4v) is 1.74. The molecule has 1 amide bonds. The highest BCUT2D eigenvalue weighted by molar-refractivity contribution is 5.92. The number of hydrogen-bond donors (Lipinski definition) is 1. The fraction of sp³-hybridized carbons (Fsp3) is 0.214. The summed E-state index contributed by atoms with van der Waals surface area (Å²) < 4.78 is 1.93. The van der Waals surface area contributed by atoms with Crippen molar-refractivity contribution in [1.29, 1.82) is 5.26 Å². The molecular formula is C14H14N4O. The number of benzene rings is 1. The van der Waals surface area contributed by atoms with E-state index in [0.29, 0.717) is 17.7 Å². The van der Waals surface area contributed by atoms with Crippen molar-refractivity contribution in [2.75, 3.05) is 5.32 Å². The number of imidazole rings is 1. The summed E-state index contributed by atoms with van der Waals surface area (Å²) in [5.74, 6) is -0.0807. The minimum absolute atomic E-state index is 0.0807. The molecule has 0 radical (unpaired) electrons. The highest BCUT2D eigenvalue weighted by Gasteiger charge is 2.05. The summed E-state index contributed by atoms with van der Waals surface area (Å²) in [5.41, 5.74) is 1.04. The molecule has 2 rings (SSSR count). The zero-order valence-corrected chi connectivity index (χ0v) is 10.4. The van der Waals surface area contributed by atoms with Crippen LogP contribution in [0, 0.1) is 11.3 Å².